The minimum atomic E-state index is -0.0463. The molecule has 0 aliphatic carbocycles. The zero-order valence-corrected chi connectivity index (χ0v) is 17.7. The monoisotopic (exact) mass is 416 g/mol. The number of carbonyl (C=O) groups is 1. The zero-order valence-electron chi connectivity index (χ0n) is 17.7. The van der Waals surface area contributed by atoms with E-state index in [0.29, 0.717) is 12.2 Å². The predicted molar refractivity (Wildman–Crippen MR) is 126 cm³/mol. The van der Waals surface area contributed by atoms with Gasteiger partial charge in [0.05, 0.1) is 17.4 Å². The van der Waals surface area contributed by atoms with Crippen molar-refractivity contribution < 1.29 is 4.79 Å². The summed E-state index contributed by atoms with van der Waals surface area (Å²) in [5.41, 5.74) is 19.0. The van der Waals surface area contributed by atoms with E-state index < -0.39 is 0 Å². The largest absolute Gasteiger partial charge is 0.403 e. The molecule has 2 aromatic carbocycles. The van der Waals surface area contributed by atoms with Crippen LogP contribution in [-0.2, 0) is 4.79 Å². The topological polar surface area (TPSA) is 113 Å². The minimum absolute atomic E-state index is 0.0463. The minimum Gasteiger partial charge on any atom is -0.403 e. The number of hydrogen-bond donors (Lipinski definition) is 4. The van der Waals surface area contributed by atoms with Crippen molar-refractivity contribution in [2.75, 3.05) is 18.8 Å². The van der Waals surface area contributed by atoms with Crippen molar-refractivity contribution in [2.45, 2.75) is 25.8 Å². The standard InChI is InChI=1S/C24H28N6O/c1-3-22(31)30-11-5-6-16(14-30)28-21(12-25)17-7-4-8-18(24(17)26)23-15(2)9-10-20-19(23)13-27-29-20/h3-4,7-10,12-13,16,28H,1,5-6,11,14,25-26H2,2H3,(H,27,29)/b21-12+. The molecular weight excluding hydrogens is 388 g/mol. The first-order valence-corrected chi connectivity index (χ1v) is 10.4. The number of likely N-dealkylation sites (tertiary alicyclic amines) is 1. The van der Waals surface area contributed by atoms with Crippen LogP contribution in [0.3, 0.4) is 0 Å². The number of nitrogens with two attached hydrogens (primary N) is 2. The molecule has 1 aliphatic rings. The summed E-state index contributed by atoms with van der Waals surface area (Å²) in [6, 6.07) is 10.1. The second-order valence-corrected chi connectivity index (χ2v) is 7.91. The van der Waals surface area contributed by atoms with Gasteiger partial charge in [0, 0.05) is 47.5 Å². The maximum absolute atomic E-state index is 12.0. The lowest BCUT2D eigenvalue weighted by molar-refractivity contribution is -0.127. The molecule has 0 radical (unpaired) electrons. The average molecular weight is 417 g/mol. The normalized spacial score (nSPS) is 17.0. The molecule has 1 unspecified atom stereocenters. The molecule has 0 saturated carbocycles. The highest BCUT2D eigenvalue weighted by Gasteiger charge is 2.24. The van der Waals surface area contributed by atoms with Crippen LogP contribution in [0.5, 0.6) is 0 Å². The molecule has 160 valence electrons. The van der Waals surface area contributed by atoms with E-state index in [-0.39, 0.29) is 11.9 Å². The quantitative estimate of drug-likeness (QED) is 0.377. The second-order valence-electron chi connectivity index (χ2n) is 7.91. The number of H-pyrrole nitrogens is 1. The van der Waals surface area contributed by atoms with Crippen LogP contribution >= 0.6 is 0 Å². The number of nitrogens with one attached hydrogen (secondary N) is 2. The lowest BCUT2D eigenvalue weighted by atomic mass is 9.93. The van der Waals surface area contributed by atoms with Crippen LogP contribution in [0, 0.1) is 6.92 Å². The number of aromatic nitrogens is 2. The first kappa shape index (κ1) is 20.5. The molecule has 1 aromatic heterocycles. The third kappa shape index (κ3) is 3.86. The van der Waals surface area contributed by atoms with Crippen molar-refractivity contribution in [2.24, 2.45) is 5.73 Å². The van der Waals surface area contributed by atoms with Crippen molar-refractivity contribution in [1.82, 2.24) is 20.4 Å². The number of amides is 1. The molecule has 0 bridgehead atoms. The molecule has 1 saturated heterocycles. The Kier molecular flexibility index (Phi) is 5.66. The van der Waals surface area contributed by atoms with E-state index in [1.807, 2.05) is 35.4 Å². The Morgan fingerprint density at radius 2 is 2.19 bits per heavy atom. The van der Waals surface area contributed by atoms with Gasteiger partial charge in [-0.05, 0) is 43.0 Å². The van der Waals surface area contributed by atoms with Gasteiger partial charge in [-0.1, -0.05) is 30.8 Å². The SMILES string of the molecule is C=CC(=O)N1CCCC(N/C(=C/N)c2cccc(-c3c(C)ccc4[nH]ncc34)c2N)C1. The fourth-order valence-corrected chi connectivity index (χ4v) is 4.36. The van der Waals surface area contributed by atoms with Crippen LogP contribution < -0.4 is 16.8 Å². The van der Waals surface area contributed by atoms with Gasteiger partial charge in [0.15, 0.2) is 0 Å². The van der Waals surface area contributed by atoms with Crippen molar-refractivity contribution in [3.8, 4) is 11.1 Å². The van der Waals surface area contributed by atoms with Crippen LogP contribution in [-0.4, -0.2) is 40.1 Å². The van der Waals surface area contributed by atoms with E-state index in [4.69, 9.17) is 11.5 Å². The molecule has 1 amide bonds. The average Bonchev–Trinajstić information content (AvgIpc) is 3.27. The maximum Gasteiger partial charge on any atom is 0.246 e. The van der Waals surface area contributed by atoms with Gasteiger partial charge in [-0.15, -0.1) is 0 Å². The molecular formula is C24H28N6O. The summed E-state index contributed by atoms with van der Waals surface area (Å²) in [5.74, 6) is -0.0463. The molecule has 7 nitrogen and oxygen atoms in total. The second kappa shape index (κ2) is 8.55. The van der Waals surface area contributed by atoms with Gasteiger partial charge in [-0.25, -0.2) is 0 Å². The third-order valence-corrected chi connectivity index (χ3v) is 5.93. The van der Waals surface area contributed by atoms with E-state index in [9.17, 15) is 4.79 Å². The number of nitrogen functional groups attached to an aromatic ring is 1. The van der Waals surface area contributed by atoms with Crippen molar-refractivity contribution in [3.63, 3.8) is 0 Å². The fourth-order valence-electron chi connectivity index (χ4n) is 4.36. The summed E-state index contributed by atoms with van der Waals surface area (Å²) in [5, 5.41) is 11.7. The lowest BCUT2D eigenvalue weighted by Crippen LogP contribution is -2.47. The summed E-state index contributed by atoms with van der Waals surface area (Å²) >= 11 is 0. The number of nitrogens with zero attached hydrogens (tertiary/aromatic N) is 2. The number of carbonyl (C=O) groups excluding carboxylic acids is 1. The number of aromatic amines is 1. The molecule has 6 N–H and O–H groups in total. The summed E-state index contributed by atoms with van der Waals surface area (Å²) in [6.45, 7) is 7.02. The van der Waals surface area contributed by atoms with Crippen LogP contribution in [0.2, 0.25) is 0 Å². The molecule has 1 atom stereocenters. The number of benzene rings is 2. The number of rotatable bonds is 5. The van der Waals surface area contributed by atoms with Gasteiger partial charge in [0.2, 0.25) is 5.91 Å². The Labute approximate surface area is 181 Å². The number of anilines is 1. The Morgan fingerprint density at radius 1 is 1.35 bits per heavy atom. The number of para-hydroxylation sites is 1. The third-order valence-electron chi connectivity index (χ3n) is 5.93. The van der Waals surface area contributed by atoms with Gasteiger partial charge in [-0.3, -0.25) is 9.89 Å². The summed E-state index contributed by atoms with van der Waals surface area (Å²) in [6.07, 6.45) is 6.61. The Balaban J connectivity index is 1.67. The summed E-state index contributed by atoms with van der Waals surface area (Å²) in [7, 11) is 0. The van der Waals surface area contributed by atoms with Crippen molar-refractivity contribution in [1.29, 1.82) is 0 Å². The van der Waals surface area contributed by atoms with Crippen LogP contribution in [0.25, 0.3) is 27.7 Å². The Bertz CT molecular complexity index is 1160. The van der Waals surface area contributed by atoms with Gasteiger partial charge in [0.25, 0.3) is 0 Å². The van der Waals surface area contributed by atoms with E-state index in [2.05, 4.69) is 35.1 Å². The van der Waals surface area contributed by atoms with Crippen molar-refractivity contribution in [3.05, 3.63) is 66.5 Å². The molecule has 7 heteroatoms. The van der Waals surface area contributed by atoms with Crippen LogP contribution in [0.15, 0.2) is 55.4 Å². The predicted octanol–water partition coefficient (Wildman–Crippen LogP) is 3.14. The first-order valence-electron chi connectivity index (χ1n) is 10.4. The molecule has 1 fully saturated rings. The maximum atomic E-state index is 12.0. The molecule has 2 heterocycles. The van der Waals surface area contributed by atoms with E-state index >= 15 is 0 Å². The molecule has 31 heavy (non-hydrogen) atoms. The highest BCUT2D eigenvalue weighted by Crippen LogP contribution is 2.37. The van der Waals surface area contributed by atoms with E-state index in [0.717, 1.165) is 58.2 Å². The van der Waals surface area contributed by atoms with Crippen LogP contribution in [0.4, 0.5) is 5.69 Å². The van der Waals surface area contributed by atoms with Gasteiger partial charge >= 0.3 is 0 Å². The van der Waals surface area contributed by atoms with Crippen LogP contribution in [0.1, 0.15) is 24.0 Å². The highest BCUT2D eigenvalue weighted by molar-refractivity contribution is 6.00. The number of piperidine rings is 1. The molecule has 3 aromatic rings. The fraction of sp³-hybridized carbons (Fsp3) is 0.250. The summed E-state index contributed by atoms with van der Waals surface area (Å²) in [4.78, 5) is 13.8. The summed E-state index contributed by atoms with van der Waals surface area (Å²) < 4.78 is 0. The smallest absolute Gasteiger partial charge is 0.246 e. The molecule has 4 rings (SSSR count). The van der Waals surface area contributed by atoms with E-state index in [1.165, 1.54) is 6.08 Å². The Morgan fingerprint density at radius 3 is 2.97 bits per heavy atom. The zero-order chi connectivity index (χ0) is 22.0. The number of hydrogen-bond acceptors (Lipinski definition) is 5. The van der Waals surface area contributed by atoms with Gasteiger partial charge in [0.1, 0.15) is 0 Å². The molecule has 0 spiro atoms. The number of aryl methyl sites for hydroxylation is 1. The van der Waals surface area contributed by atoms with Crippen molar-refractivity contribution >= 4 is 28.2 Å². The van der Waals surface area contributed by atoms with E-state index in [1.54, 1.807) is 6.20 Å². The van der Waals surface area contributed by atoms with Gasteiger partial charge in [-0.2, -0.15) is 5.10 Å². The first-order chi connectivity index (χ1) is 15.0. The molecule has 1 aliphatic heterocycles. The Hall–Kier alpha value is -3.74. The number of fused-ring (bicyclic) bond motifs is 1. The van der Waals surface area contributed by atoms with Gasteiger partial charge < -0.3 is 21.7 Å². The highest BCUT2D eigenvalue weighted by atomic mass is 16.2. The lowest BCUT2D eigenvalue weighted by Gasteiger charge is -2.34.